The number of carbonyl (C=O) groups excluding carboxylic acids is 2. The lowest BCUT2D eigenvalue weighted by Gasteiger charge is -2.06. The molecular formula is C19H17N3O4S2. The van der Waals surface area contributed by atoms with Crippen LogP contribution in [0.4, 0.5) is 5.13 Å². The van der Waals surface area contributed by atoms with E-state index in [9.17, 15) is 18.0 Å². The smallest absolute Gasteiger partial charge is 0.251 e. The summed E-state index contributed by atoms with van der Waals surface area (Å²) >= 11 is 1.29. The van der Waals surface area contributed by atoms with Crippen molar-refractivity contribution in [3.63, 3.8) is 0 Å². The summed E-state index contributed by atoms with van der Waals surface area (Å²) < 4.78 is 23.2. The number of rotatable bonds is 6. The molecule has 0 spiro atoms. The van der Waals surface area contributed by atoms with Gasteiger partial charge < -0.3 is 10.6 Å². The van der Waals surface area contributed by atoms with E-state index >= 15 is 0 Å². The quantitative estimate of drug-likeness (QED) is 0.644. The molecule has 0 aliphatic heterocycles. The Morgan fingerprint density at radius 2 is 1.82 bits per heavy atom. The first-order valence-corrected chi connectivity index (χ1v) is 11.0. The summed E-state index contributed by atoms with van der Waals surface area (Å²) in [6, 6.07) is 15.2. The van der Waals surface area contributed by atoms with Crippen LogP contribution in [0.25, 0.3) is 11.3 Å². The zero-order valence-electron chi connectivity index (χ0n) is 14.9. The third kappa shape index (κ3) is 5.02. The highest BCUT2D eigenvalue weighted by Gasteiger charge is 2.13. The number of anilines is 1. The number of nitrogens with one attached hydrogen (secondary N) is 2. The van der Waals surface area contributed by atoms with E-state index in [0.29, 0.717) is 5.13 Å². The molecule has 3 rings (SSSR count). The van der Waals surface area contributed by atoms with Gasteiger partial charge >= 0.3 is 0 Å². The van der Waals surface area contributed by atoms with E-state index in [-0.39, 0.29) is 17.0 Å². The van der Waals surface area contributed by atoms with Crippen molar-refractivity contribution >= 4 is 38.1 Å². The van der Waals surface area contributed by atoms with Gasteiger partial charge in [0, 0.05) is 22.8 Å². The molecule has 0 atom stereocenters. The highest BCUT2D eigenvalue weighted by molar-refractivity contribution is 7.90. The van der Waals surface area contributed by atoms with E-state index in [2.05, 4.69) is 15.6 Å². The molecule has 0 fully saturated rings. The fourth-order valence-corrected chi connectivity index (χ4v) is 3.77. The van der Waals surface area contributed by atoms with Gasteiger partial charge in [-0.3, -0.25) is 9.59 Å². The van der Waals surface area contributed by atoms with Crippen molar-refractivity contribution in [2.24, 2.45) is 0 Å². The number of carbonyl (C=O) groups is 2. The minimum atomic E-state index is -3.42. The first-order valence-electron chi connectivity index (χ1n) is 8.22. The van der Waals surface area contributed by atoms with Crippen LogP contribution in [0.1, 0.15) is 10.4 Å². The van der Waals surface area contributed by atoms with Gasteiger partial charge in [-0.05, 0) is 18.2 Å². The molecule has 2 aromatic carbocycles. The first kappa shape index (κ1) is 19.7. The number of thiazole rings is 1. The van der Waals surface area contributed by atoms with Crippen LogP contribution in [-0.4, -0.2) is 38.0 Å². The minimum Gasteiger partial charge on any atom is -0.343 e. The molecule has 7 nitrogen and oxygen atoms in total. The van der Waals surface area contributed by atoms with Crippen LogP contribution in [0.2, 0.25) is 0 Å². The lowest BCUT2D eigenvalue weighted by molar-refractivity contribution is -0.115. The molecule has 0 bridgehead atoms. The molecule has 0 aliphatic carbocycles. The standard InChI is InChI=1S/C19H17N3O4S2/c1-28(25,26)15-9-5-8-14(10-15)18(24)20-11-17(23)22-19-21-16(12-27-19)13-6-3-2-4-7-13/h2-10,12H,11H2,1H3,(H,20,24)(H,21,22,23). The summed E-state index contributed by atoms with van der Waals surface area (Å²) in [6.07, 6.45) is 1.06. The average Bonchev–Trinajstić information content (AvgIpc) is 3.14. The van der Waals surface area contributed by atoms with Crippen LogP contribution in [0.5, 0.6) is 0 Å². The van der Waals surface area contributed by atoms with Gasteiger partial charge in [-0.15, -0.1) is 11.3 Å². The second-order valence-corrected chi connectivity index (χ2v) is 8.81. The molecule has 28 heavy (non-hydrogen) atoms. The summed E-state index contributed by atoms with van der Waals surface area (Å²) in [5.74, 6) is -0.966. The fourth-order valence-electron chi connectivity index (χ4n) is 2.37. The third-order valence-electron chi connectivity index (χ3n) is 3.75. The van der Waals surface area contributed by atoms with Crippen LogP contribution in [0.15, 0.2) is 64.9 Å². The predicted molar refractivity (Wildman–Crippen MR) is 108 cm³/mol. The fraction of sp³-hybridized carbons (Fsp3) is 0.105. The normalized spacial score (nSPS) is 11.0. The van der Waals surface area contributed by atoms with Crippen LogP contribution in [-0.2, 0) is 14.6 Å². The van der Waals surface area contributed by atoms with Gasteiger partial charge in [0.25, 0.3) is 5.91 Å². The maximum atomic E-state index is 12.2. The van der Waals surface area contributed by atoms with Crippen LogP contribution in [0.3, 0.4) is 0 Å². The average molecular weight is 415 g/mol. The molecule has 0 saturated heterocycles. The number of nitrogens with zero attached hydrogens (tertiary/aromatic N) is 1. The van der Waals surface area contributed by atoms with E-state index in [1.54, 1.807) is 0 Å². The second kappa shape index (κ2) is 8.32. The highest BCUT2D eigenvalue weighted by atomic mass is 32.2. The summed E-state index contributed by atoms with van der Waals surface area (Å²) in [5, 5.41) is 7.36. The maximum absolute atomic E-state index is 12.2. The number of amides is 2. The second-order valence-electron chi connectivity index (χ2n) is 5.93. The molecule has 0 unspecified atom stereocenters. The lowest BCUT2D eigenvalue weighted by atomic mass is 10.2. The zero-order valence-corrected chi connectivity index (χ0v) is 16.5. The number of hydrogen-bond acceptors (Lipinski definition) is 6. The van der Waals surface area contributed by atoms with Crippen molar-refractivity contribution in [3.8, 4) is 11.3 Å². The number of sulfone groups is 1. The SMILES string of the molecule is CS(=O)(=O)c1cccc(C(=O)NCC(=O)Nc2nc(-c3ccccc3)cs2)c1. The van der Waals surface area contributed by atoms with Crippen molar-refractivity contribution in [2.45, 2.75) is 4.90 Å². The van der Waals surface area contributed by atoms with E-state index in [1.165, 1.54) is 35.6 Å². The number of benzene rings is 2. The van der Waals surface area contributed by atoms with Crippen molar-refractivity contribution in [1.29, 1.82) is 0 Å². The lowest BCUT2D eigenvalue weighted by Crippen LogP contribution is -2.32. The van der Waals surface area contributed by atoms with E-state index in [4.69, 9.17) is 0 Å². The van der Waals surface area contributed by atoms with Crippen molar-refractivity contribution < 1.29 is 18.0 Å². The summed E-state index contributed by atoms with van der Waals surface area (Å²) in [6.45, 7) is -0.262. The molecule has 0 saturated carbocycles. The number of aromatic nitrogens is 1. The van der Waals surface area contributed by atoms with Gasteiger partial charge in [0.1, 0.15) is 0 Å². The number of hydrogen-bond donors (Lipinski definition) is 2. The Bertz CT molecular complexity index is 1110. The summed E-state index contributed by atoms with van der Waals surface area (Å²) in [7, 11) is -3.42. The van der Waals surface area contributed by atoms with Gasteiger partial charge in [-0.25, -0.2) is 13.4 Å². The van der Waals surface area contributed by atoms with Gasteiger partial charge in [0.2, 0.25) is 5.91 Å². The summed E-state index contributed by atoms with van der Waals surface area (Å²) in [5.41, 5.74) is 1.86. The topological polar surface area (TPSA) is 105 Å². The van der Waals surface area contributed by atoms with E-state index in [1.807, 2.05) is 35.7 Å². The molecule has 1 heterocycles. The van der Waals surface area contributed by atoms with Crippen LogP contribution in [0, 0.1) is 0 Å². The van der Waals surface area contributed by atoms with Crippen LogP contribution >= 0.6 is 11.3 Å². The molecule has 2 N–H and O–H groups in total. The molecule has 1 aromatic heterocycles. The molecule has 144 valence electrons. The Morgan fingerprint density at radius 1 is 1.07 bits per heavy atom. The van der Waals surface area contributed by atoms with Crippen molar-refractivity contribution in [1.82, 2.24) is 10.3 Å². The Morgan fingerprint density at radius 3 is 2.54 bits per heavy atom. The predicted octanol–water partition coefficient (Wildman–Crippen LogP) is 2.58. The van der Waals surface area contributed by atoms with Gasteiger partial charge in [-0.2, -0.15) is 0 Å². The minimum absolute atomic E-state index is 0.0424. The first-order chi connectivity index (χ1) is 13.3. The van der Waals surface area contributed by atoms with Crippen molar-refractivity contribution in [2.75, 3.05) is 18.1 Å². The molecule has 9 heteroatoms. The highest BCUT2D eigenvalue weighted by Crippen LogP contribution is 2.24. The summed E-state index contributed by atoms with van der Waals surface area (Å²) in [4.78, 5) is 28.6. The molecule has 0 aliphatic rings. The van der Waals surface area contributed by atoms with Gasteiger partial charge in [0.15, 0.2) is 15.0 Å². The van der Waals surface area contributed by atoms with Crippen LogP contribution < -0.4 is 10.6 Å². The largest absolute Gasteiger partial charge is 0.343 e. The molecule has 0 radical (unpaired) electrons. The Balaban J connectivity index is 1.58. The third-order valence-corrected chi connectivity index (χ3v) is 5.62. The zero-order chi connectivity index (χ0) is 20.1. The monoisotopic (exact) mass is 415 g/mol. The Labute approximate surface area is 166 Å². The van der Waals surface area contributed by atoms with E-state index < -0.39 is 21.7 Å². The van der Waals surface area contributed by atoms with Crippen molar-refractivity contribution in [3.05, 3.63) is 65.5 Å². The van der Waals surface area contributed by atoms with E-state index in [0.717, 1.165) is 17.5 Å². The molecular weight excluding hydrogens is 398 g/mol. The molecule has 2 amide bonds. The Kier molecular flexibility index (Phi) is 5.86. The maximum Gasteiger partial charge on any atom is 0.251 e. The molecule has 3 aromatic rings. The van der Waals surface area contributed by atoms with Gasteiger partial charge in [0.05, 0.1) is 17.1 Å². The van der Waals surface area contributed by atoms with Gasteiger partial charge in [-0.1, -0.05) is 36.4 Å². The Hall–Kier alpha value is -3.04.